The number of hydrogen-bond donors (Lipinski definition) is 1. The van der Waals surface area contributed by atoms with E-state index in [0.29, 0.717) is 42.4 Å². The van der Waals surface area contributed by atoms with Crippen molar-refractivity contribution in [3.05, 3.63) is 58.4 Å². The van der Waals surface area contributed by atoms with Crippen LogP contribution in [0.25, 0.3) is 10.9 Å². The summed E-state index contributed by atoms with van der Waals surface area (Å²) in [6, 6.07) is 7.55. The van der Waals surface area contributed by atoms with Gasteiger partial charge in [0.2, 0.25) is 11.5 Å². The van der Waals surface area contributed by atoms with Gasteiger partial charge in [0.15, 0.2) is 0 Å². The number of aliphatic imine (C=N–C) groups is 2. The van der Waals surface area contributed by atoms with Crippen LogP contribution in [0.5, 0.6) is 0 Å². The third-order valence-corrected chi connectivity index (χ3v) is 5.89. The van der Waals surface area contributed by atoms with Crippen LogP contribution in [0.3, 0.4) is 0 Å². The molecule has 1 unspecified atom stereocenters. The highest BCUT2D eigenvalue weighted by molar-refractivity contribution is 6.19. The minimum absolute atomic E-state index is 0.225. The van der Waals surface area contributed by atoms with Crippen LogP contribution in [-0.2, 0) is 4.79 Å². The van der Waals surface area contributed by atoms with E-state index in [1.807, 2.05) is 6.07 Å². The molecule has 5 rings (SSSR count). The van der Waals surface area contributed by atoms with Crippen molar-refractivity contribution >= 4 is 40.8 Å². The van der Waals surface area contributed by atoms with Gasteiger partial charge in [0.05, 0.1) is 5.56 Å². The van der Waals surface area contributed by atoms with Gasteiger partial charge in [0, 0.05) is 42.3 Å². The van der Waals surface area contributed by atoms with Gasteiger partial charge in [0.25, 0.3) is 5.91 Å². The number of carbonyl (C=O) groups is 3. The lowest BCUT2D eigenvalue weighted by Gasteiger charge is -2.39. The molecule has 0 bridgehead atoms. The molecular weight excluding hydrogens is 398 g/mol. The Hall–Kier alpha value is -3.88. The fourth-order valence-corrected chi connectivity index (χ4v) is 4.35. The molecule has 1 N–H and O–H groups in total. The van der Waals surface area contributed by atoms with Crippen molar-refractivity contribution in [2.24, 2.45) is 15.9 Å². The lowest BCUT2D eigenvalue weighted by molar-refractivity contribution is -0.131. The molecule has 4 amide bonds. The van der Waals surface area contributed by atoms with Crippen molar-refractivity contribution in [2.75, 3.05) is 13.1 Å². The Bertz CT molecular complexity index is 1250. The van der Waals surface area contributed by atoms with Crippen LogP contribution < -0.4 is 5.56 Å². The van der Waals surface area contributed by atoms with Crippen LogP contribution in [-0.4, -0.2) is 63.8 Å². The van der Waals surface area contributed by atoms with E-state index < -0.39 is 11.9 Å². The van der Waals surface area contributed by atoms with Gasteiger partial charge in [-0.3, -0.25) is 19.3 Å². The number of nitrogens with zero attached hydrogens (tertiary/aromatic N) is 4. The van der Waals surface area contributed by atoms with Crippen molar-refractivity contribution in [1.29, 1.82) is 0 Å². The van der Waals surface area contributed by atoms with E-state index in [9.17, 15) is 19.2 Å². The number of amides is 4. The molecular formula is C22H19N5O4. The quantitative estimate of drug-likeness (QED) is 0.801. The molecule has 1 fully saturated rings. The number of imide groups is 1. The summed E-state index contributed by atoms with van der Waals surface area (Å²) in [4.78, 5) is 64.1. The zero-order chi connectivity index (χ0) is 21.5. The lowest BCUT2D eigenvalue weighted by atomic mass is 9.97. The number of piperidine rings is 1. The highest BCUT2D eigenvalue weighted by atomic mass is 16.2. The average molecular weight is 417 g/mol. The van der Waals surface area contributed by atoms with Gasteiger partial charge >= 0.3 is 6.03 Å². The Morgan fingerprint density at radius 3 is 2.68 bits per heavy atom. The Balaban J connectivity index is 1.34. The zero-order valence-electron chi connectivity index (χ0n) is 16.5. The number of para-hydroxylation sites is 1. The predicted molar refractivity (Wildman–Crippen MR) is 114 cm³/mol. The molecule has 9 heteroatoms. The van der Waals surface area contributed by atoms with Crippen molar-refractivity contribution < 1.29 is 14.4 Å². The van der Waals surface area contributed by atoms with Crippen molar-refractivity contribution in [3.63, 3.8) is 0 Å². The number of allylic oxidation sites excluding steroid dienone is 1. The molecule has 31 heavy (non-hydrogen) atoms. The van der Waals surface area contributed by atoms with Gasteiger partial charge in [-0.25, -0.2) is 9.79 Å². The van der Waals surface area contributed by atoms with Crippen LogP contribution in [0.4, 0.5) is 4.79 Å². The lowest BCUT2D eigenvalue weighted by Crippen LogP contribution is -2.54. The normalized spacial score (nSPS) is 21.4. The number of benzene rings is 1. The van der Waals surface area contributed by atoms with Gasteiger partial charge < -0.3 is 9.88 Å². The summed E-state index contributed by atoms with van der Waals surface area (Å²) >= 11 is 0. The first kappa shape index (κ1) is 19.1. The Labute approximate surface area is 176 Å². The number of rotatable bonds is 2. The third kappa shape index (κ3) is 3.27. The molecule has 3 aliphatic rings. The van der Waals surface area contributed by atoms with Gasteiger partial charge in [-0.2, -0.15) is 4.99 Å². The highest BCUT2D eigenvalue weighted by Crippen LogP contribution is 2.26. The highest BCUT2D eigenvalue weighted by Gasteiger charge is 2.41. The van der Waals surface area contributed by atoms with E-state index in [2.05, 4.69) is 15.0 Å². The number of carbonyl (C=O) groups excluding carboxylic acids is 3. The summed E-state index contributed by atoms with van der Waals surface area (Å²) in [6.07, 6.45) is 5.77. The predicted octanol–water partition coefficient (Wildman–Crippen LogP) is 1.75. The maximum atomic E-state index is 13.1. The smallest absolute Gasteiger partial charge is 0.338 e. The van der Waals surface area contributed by atoms with E-state index in [4.69, 9.17) is 0 Å². The molecule has 3 aliphatic heterocycles. The zero-order valence-corrected chi connectivity index (χ0v) is 16.5. The topological polar surface area (TPSA) is 115 Å². The van der Waals surface area contributed by atoms with Gasteiger partial charge in [-0.15, -0.1) is 0 Å². The molecule has 2 aromatic rings. The third-order valence-electron chi connectivity index (χ3n) is 5.89. The number of nitrogens with one attached hydrogen (secondary N) is 1. The first-order valence-corrected chi connectivity index (χ1v) is 10.1. The van der Waals surface area contributed by atoms with Crippen LogP contribution >= 0.6 is 0 Å². The number of amidine groups is 1. The van der Waals surface area contributed by atoms with Gasteiger partial charge in [-0.1, -0.05) is 24.3 Å². The number of hydrogen-bond acceptors (Lipinski definition) is 5. The maximum absolute atomic E-state index is 13.1. The maximum Gasteiger partial charge on any atom is 0.352 e. The van der Waals surface area contributed by atoms with Crippen molar-refractivity contribution in [2.45, 2.75) is 18.9 Å². The molecule has 1 aromatic carbocycles. The van der Waals surface area contributed by atoms with E-state index >= 15 is 0 Å². The summed E-state index contributed by atoms with van der Waals surface area (Å²) in [6.45, 7) is 0.744. The number of pyridine rings is 1. The summed E-state index contributed by atoms with van der Waals surface area (Å²) in [5, 5.41) is 0.683. The summed E-state index contributed by atoms with van der Waals surface area (Å²) in [5.41, 5.74) is 0.621. The van der Waals surface area contributed by atoms with Crippen LogP contribution in [0.2, 0.25) is 0 Å². The number of aromatic nitrogens is 1. The van der Waals surface area contributed by atoms with Crippen LogP contribution in [0, 0.1) is 5.92 Å². The monoisotopic (exact) mass is 417 g/mol. The Morgan fingerprint density at radius 1 is 1.10 bits per heavy atom. The number of H-pyrrole nitrogens is 1. The van der Waals surface area contributed by atoms with Crippen molar-refractivity contribution in [3.8, 4) is 0 Å². The fourth-order valence-electron chi connectivity index (χ4n) is 4.35. The van der Waals surface area contributed by atoms with E-state index in [1.54, 1.807) is 35.3 Å². The van der Waals surface area contributed by atoms with E-state index in [-0.39, 0.29) is 29.3 Å². The first-order chi connectivity index (χ1) is 15.0. The second-order valence-corrected chi connectivity index (χ2v) is 7.72. The number of aromatic amines is 1. The molecule has 0 spiro atoms. The van der Waals surface area contributed by atoms with Crippen molar-refractivity contribution in [1.82, 2.24) is 14.8 Å². The summed E-state index contributed by atoms with van der Waals surface area (Å²) < 4.78 is 0. The largest absolute Gasteiger partial charge is 0.352 e. The number of fused-ring (bicyclic) bond motifs is 2. The number of urea groups is 1. The minimum Gasteiger partial charge on any atom is -0.338 e. The SMILES string of the molecule is O=C(c1cc(=O)[nH]c2ccccc12)N1CCC(N2C(=O)N=C3N=CC=CC3C2=O)CC1. The molecule has 1 atom stereocenters. The molecule has 0 saturated carbocycles. The molecule has 9 nitrogen and oxygen atoms in total. The average Bonchev–Trinajstić information content (AvgIpc) is 2.78. The molecule has 4 heterocycles. The van der Waals surface area contributed by atoms with Crippen LogP contribution in [0.1, 0.15) is 23.2 Å². The first-order valence-electron chi connectivity index (χ1n) is 10.1. The molecule has 1 aromatic heterocycles. The Morgan fingerprint density at radius 2 is 1.87 bits per heavy atom. The standard InChI is InChI=1S/C22H19N5O4/c28-18-12-16(14-4-1-2-6-17(14)24-18)20(29)26-10-7-13(8-11-26)27-21(30)15-5-3-9-23-19(15)25-22(27)31/h1-6,9,12-13,15H,7-8,10-11H2,(H,24,28). The molecule has 0 aliphatic carbocycles. The molecule has 156 valence electrons. The second kappa shape index (κ2) is 7.42. The van der Waals surface area contributed by atoms with E-state index in [0.717, 1.165) is 0 Å². The van der Waals surface area contributed by atoms with Gasteiger partial charge in [-0.05, 0) is 25.0 Å². The number of dihydropyridines is 1. The van der Waals surface area contributed by atoms with E-state index in [1.165, 1.54) is 17.2 Å². The Kier molecular flexibility index (Phi) is 4.58. The summed E-state index contributed by atoms with van der Waals surface area (Å²) in [7, 11) is 0. The number of likely N-dealkylation sites (tertiary alicyclic amines) is 1. The molecule has 1 saturated heterocycles. The minimum atomic E-state index is -0.634. The summed E-state index contributed by atoms with van der Waals surface area (Å²) in [5.74, 6) is -0.970. The van der Waals surface area contributed by atoms with Crippen LogP contribution in [0.15, 0.2) is 57.3 Å². The second-order valence-electron chi connectivity index (χ2n) is 7.72. The fraction of sp³-hybridized carbons (Fsp3) is 0.273. The van der Waals surface area contributed by atoms with Gasteiger partial charge in [0.1, 0.15) is 11.8 Å². The molecule has 0 radical (unpaired) electrons.